The zero-order valence-electron chi connectivity index (χ0n) is 11.7. The maximum atomic E-state index is 4.48. The van der Waals surface area contributed by atoms with E-state index in [1.807, 2.05) is 16.9 Å². The molecule has 0 aliphatic carbocycles. The molecule has 0 radical (unpaired) electrons. The highest BCUT2D eigenvalue weighted by Crippen LogP contribution is 2.33. The van der Waals surface area contributed by atoms with E-state index in [-0.39, 0.29) is 10.8 Å². The summed E-state index contributed by atoms with van der Waals surface area (Å²) in [6.07, 6.45) is 4.03. The van der Waals surface area contributed by atoms with E-state index < -0.39 is 0 Å². The van der Waals surface area contributed by atoms with Gasteiger partial charge in [0, 0.05) is 11.8 Å². The number of nitrogens with zero attached hydrogens (tertiary/aromatic N) is 2. The molecule has 0 saturated carbocycles. The molecular formula is C15H22N2. The van der Waals surface area contributed by atoms with Gasteiger partial charge in [0.15, 0.2) is 0 Å². The first kappa shape index (κ1) is 12.2. The summed E-state index contributed by atoms with van der Waals surface area (Å²) in [4.78, 5) is 0. The minimum absolute atomic E-state index is 0.128. The number of fused-ring (bicyclic) bond motifs is 1. The maximum Gasteiger partial charge on any atom is 0.0736 e. The van der Waals surface area contributed by atoms with Crippen molar-refractivity contribution in [3.63, 3.8) is 0 Å². The summed E-state index contributed by atoms with van der Waals surface area (Å²) in [5.74, 6) is 0. The van der Waals surface area contributed by atoms with Gasteiger partial charge in [0.25, 0.3) is 0 Å². The van der Waals surface area contributed by atoms with E-state index >= 15 is 0 Å². The quantitative estimate of drug-likeness (QED) is 0.670. The van der Waals surface area contributed by atoms with Crippen molar-refractivity contribution in [1.82, 2.24) is 9.61 Å². The van der Waals surface area contributed by atoms with E-state index in [9.17, 15) is 0 Å². The van der Waals surface area contributed by atoms with Crippen molar-refractivity contribution in [2.45, 2.75) is 52.4 Å². The largest absolute Gasteiger partial charge is 0.240 e. The fourth-order valence-corrected chi connectivity index (χ4v) is 2.20. The maximum absolute atomic E-state index is 4.48. The van der Waals surface area contributed by atoms with Crippen LogP contribution in [0.3, 0.4) is 0 Å². The van der Waals surface area contributed by atoms with Crippen LogP contribution in [-0.2, 0) is 10.8 Å². The van der Waals surface area contributed by atoms with Crippen LogP contribution in [-0.4, -0.2) is 9.61 Å². The summed E-state index contributed by atoms with van der Waals surface area (Å²) in [6.45, 7) is 13.5. The van der Waals surface area contributed by atoms with Crippen LogP contribution in [0.25, 0.3) is 5.52 Å². The van der Waals surface area contributed by atoms with Gasteiger partial charge < -0.3 is 0 Å². The van der Waals surface area contributed by atoms with Gasteiger partial charge in [-0.15, -0.1) is 0 Å². The second-order valence-corrected chi connectivity index (χ2v) is 6.77. The molecular weight excluding hydrogens is 208 g/mol. The Morgan fingerprint density at radius 3 is 2.06 bits per heavy atom. The topological polar surface area (TPSA) is 17.3 Å². The van der Waals surface area contributed by atoms with Crippen molar-refractivity contribution < 1.29 is 0 Å². The van der Waals surface area contributed by atoms with Crippen molar-refractivity contribution in [3.8, 4) is 0 Å². The highest BCUT2D eigenvalue weighted by Gasteiger charge is 2.25. The van der Waals surface area contributed by atoms with Gasteiger partial charge in [-0.1, -0.05) is 47.6 Å². The summed E-state index contributed by atoms with van der Waals surface area (Å²) >= 11 is 0. The first-order chi connectivity index (χ1) is 7.71. The van der Waals surface area contributed by atoms with Gasteiger partial charge in [0.1, 0.15) is 0 Å². The predicted octanol–water partition coefficient (Wildman–Crippen LogP) is 3.93. The lowest BCUT2D eigenvalue weighted by atomic mass is 9.81. The zero-order chi connectivity index (χ0) is 12.8. The molecule has 0 N–H and O–H groups in total. The molecule has 92 valence electrons. The zero-order valence-corrected chi connectivity index (χ0v) is 11.7. The van der Waals surface area contributed by atoms with Gasteiger partial charge in [-0.05, 0) is 22.5 Å². The molecule has 2 heterocycles. The molecule has 0 fully saturated rings. The van der Waals surface area contributed by atoms with Gasteiger partial charge in [-0.2, -0.15) is 5.10 Å². The molecule has 0 aliphatic rings. The van der Waals surface area contributed by atoms with Crippen LogP contribution < -0.4 is 0 Å². The van der Waals surface area contributed by atoms with E-state index in [0.29, 0.717) is 0 Å². The van der Waals surface area contributed by atoms with Gasteiger partial charge in [0.05, 0.1) is 11.7 Å². The molecule has 0 aliphatic heterocycles. The van der Waals surface area contributed by atoms with Gasteiger partial charge in [0.2, 0.25) is 0 Å². The standard InChI is InChI=1S/C15H22N2/c1-14(2,3)11-8-7-9-17-13(11)12(10-16-17)15(4,5)6/h7-10H,1-6H3. The molecule has 0 amide bonds. The minimum atomic E-state index is 0.128. The predicted molar refractivity (Wildman–Crippen MR) is 72.6 cm³/mol. The van der Waals surface area contributed by atoms with Crippen LogP contribution in [0.15, 0.2) is 24.5 Å². The van der Waals surface area contributed by atoms with Crippen LogP contribution >= 0.6 is 0 Å². The van der Waals surface area contributed by atoms with Crippen molar-refractivity contribution in [1.29, 1.82) is 0 Å². The highest BCUT2D eigenvalue weighted by atomic mass is 15.2. The average Bonchev–Trinajstić information content (AvgIpc) is 2.57. The summed E-state index contributed by atoms with van der Waals surface area (Å²) in [5, 5.41) is 4.48. The minimum Gasteiger partial charge on any atom is -0.240 e. The molecule has 0 aromatic carbocycles. The number of hydrogen-bond acceptors (Lipinski definition) is 1. The van der Waals surface area contributed by atoms with Crippen molar-refractivity contribution >= 4 is 5.52 Å². The first-order valence-corrected chi connectivity index (χ1v) is 6.18. The first-order valence-electron chi connectivity index (χ1n) is 6.18. The van der Waals surface area contributed by atoms with Crippen molar-refractivity contribution in [2.75, 3.05) is 0 Å². The molecule has 0 saturated heterocycles. The molecule has 2 rings (SSSR count). The molecule has 0 spiro atoms. The summed E-state index contributed by atoms with van der Waals surface area (Å²) in [6, 6.07) is 4.29. The Bertz CT molecular complexity index is 536. The Hall–Kier alpha value is -1.31. The van der Waals surface area contributed by atoms with E-state index in [0.717, 1.165) is 0 Å². The second-order valence-electron chi connectivity index (χ2n) is 6.77. The van der Waals surface area contributed by atoms with Gasteiger partial charge in [-0.25, -0.2) is 4.52 Å². The molecule has 2 heteroatoms. The molecule has 0 unspecified atom stereocenters. The van der Waals surface area contributed by atoms with Crippen LogP contribution in [0.4, 0.5) is 0 Å². The molecule has 17 heavy (non-hydrogen) atoms. The van der Waals surface area contributed by atoms with E-state index in [1.165, 1.54) is 16.6 Å². The third-order valence-electron chi connectivity index (χ3n) is 3.16. The SMILES string of the molecule is CC(C)(C)c1cccn2ncc(C(C)(C)C)c12. The number of aromatic nitrogens is 2. The molecule has 0 bridgehead atoms. The van der Waals surface area contributed by atoms with E-state index in [1.54, 1.807) is 0 Å². The van der Waals surface area contributed by atoms with Gasteiger partial charge in [-0.3, -0.25) is 0 Å². The van der Waals surface area contributed by atoms with Crippen LogP contribution in [0.5, 0.6) is 0 Å². The summed E-state index contributed by atoms with van der Waals surface area (Å²) in [7, 11) is 0. The highest BCUT2D eigenvalue weighted by molar-refractivity contribution is 5.64. The van der Waals surface area contributed by atoms with Crippen LogP contribution in [0.2, 0.25) is 0 Å². The Morgan fingerprint density at radius 1 is 0.941 bits per heavy atom. The molecule has 2 aromatic rings. The Labute approximate surface area is 104 Å². The van der Waals surface area contributed by atoms with E-state index in [2.05, 4.69) is 58.8 Å². The molecule has 0 atom stereocenters. The normalized spacial score (nSPS) is 13.3. The summed E-state index contributed by atoms with van der Waals surface area (Å²) < 4.78 is 2.00. The Kier molecular flexibility index (Phi) is 2.57. The Balaban J connectivity index is 2.82. The molecule has 2 nitrogen and oxygen atoms in total. The smallest absolute Gasteiger partial charge is 0.0736 e. The molecule has 2 aromatic heterocycles. The number of rotatable bonds is 0. The van der Waals surface area contributed by atoms with Crippen LogP contribution in [0, 0.1) is 0 Å². The fraction of sp³-hybridized carbons (Fsp3) is 0.533. The number of hydrogen-bond donors (Lipinski definition) is 0. The van der Waals surface area contributed by atoms with Crippen LogP contribution in [0.1, 0.15) is 52.7 Å². The van der Waals surface area contributed by atoms with Crippen molar-refractivity contribution in [2.24, 2.45) is 0 Å². The second kappa shape index (κ2) is 3.59. The number of pyridine rings is 1. The third-order valence-corrected chi connectivity index (χ3v) is 3.16. The van der Waals surface area contributed by atoms with E-state index in [4.69, 9.17) is 0 Å². The monoisotopic (exact) mass is 230 g/mol. The average molecular weight is 230 g/mol. The summed E-state index contributed by atoms with van der Waals surface area (Å²) in [5.41, 5.74) is 4.23. The van der Waals surface area contributed by atoms with Crippen molar-refractivity contribution in [3.05, 3.63) is 35.7 Å². The fourth-order valence-electron chi connectivity index (χ4n) is 2.20. The Morgan fingerprint density at radius 2 is 1.53 bits per heavy atom. The lowest BCUT2D eigenvalue weighted by Crippen LogP contribution is -2.16. The van der Waals surface area contributed by atoms with Gasteiger partial charge >= 0.3 is 0 Å². The third kappa shape index (κ3) is 2.08. The lowest BCUT2D eigenvalue weighted by Gasteiger charge is -2.24. The lowest BCUT2D eigenvalue weighted by molar-refractivity contribution is 0.579.